The van der Waals surface area contributed by atoms with Crippen LogP contribution in [0.25, 0.3) is 0 Å². The van der Waals surface area contributed by atoms with Crippen LogP contribution in [0.4, 0.5) is 4.79 Å². The third-order valence-electron chi connectivity index (χ3n) is 7.62. The van der Waals surface area contributed by atoms with E-state index in [0.29, 0.717) is 6.61 Å². The van der Waals surface area contributed by atoms with Crippen LogP contribution < -0.4 is 5.32 Å². The summed E-state index contributed by atoms with van der Waals surface area (Å²) in [6.45, 7) is 17.1. The molecule has 2 rings (SSSR count). The fourth-order valence-corrected chi connectivity index (χ4v) is 22.2. The van der Waals surface area contributed by atoms with Crippen LogP contribution in [0, 0.1) is 0 Å². The molecule has 35 heavy (non-hydrogen) atoms. The Hall–Kier alpha value is -0.791. The number of unbranched alkanes of at least 4 members (excludes halogenated alkanes) is 3. The SMILES string of the molecule is CCC[CH2][Sn]([CH2]CCC)([CH2]CCC)[C@@H](CNCc1ccccc1)OC(=O)N1C(C)(C)COC1(C)C. The Balaban J connectivity index is 2.34. The zero-order valence-electron chi connectivity index (χ0n) is 23.6. The van der Waals surface area contributed by atoms with Gasteiger partial charge in [0.1, 0.15) is 0 Å². The molecule has 6 heteroatoms. The van der Waals surface area contributed by atoms with Crippen molar-refractivity contribution in [2.75, 3.05) is 13.2 Å². The van der Waals surface area contributed by atoms with Crippen molar-refractivity contribution in [1.82, 2.24) is 10.2 Å². The number of ether oxygens (including phenoxy) is 2. The number of benzene rings is 1. The zero-order chi connectivity index (χ0) is 26.0. The van der Waals surface area contributed by atoms with Crippen LogP contribution in [0.5, 0.6) is 0 Å². The van der Waals surface area contributed by atoms with Crippen molar-refractivity contribution in [1.29, 1.82) is 0 Å². The second-order valence-electron chi connectivity index (χ2n) is 11.5. The molecule has 0 aromatic heterocycles. The van der Waals surface area contributed by atoms with Gasteiger partial charge in [0.25, 0.3) is 0 Å². The van der Waals surface area contributed by atoms with E-state index in [1.165, 1.54) is 57.4 Å². The standard InChI is InChI=1S/C17H25N2O3.3C4H9.Sn/c1-16(2)13-22-17(3,4)19(16)15(20)21-11-10-18-12-14-8-6-5-7-9-14;3*1-3-4-2;/h5-9,11,18H,10,12-13H2,1-4H3;3*1,3-4H2,2H3;. The summed E-state index contributed by atoms with van der Waals surface area (Å²) in [4.78, 5) is 15.7. The zero-order valence-corrected chi connectivity index (χ0v) is 26.5. The number of carbonyl (C=O) groups excluding carboxylic acids is 1. The van der Waals surface area contributed by atoms with Gasteiger partial charge in [0.15, 0.2) is 0 Å². The molecule has 1 amide bonds. The Morgan fingerprint density at radius 3 is 2.00 bits per heavy atom. The van der Waals surface area contributed by atoms with Crippen LogP contribution in [0.2, 0.25) is 13.3 Å². The number of hydrogen-bond donors (Lipinski definition) is 1. The average Bonchev–Trinajstić information content (AvgIpc) is 3.05. The van der Waals surface area contributed by atoms with Crippen LogP contribution in [-0.2, 0) is 16.0 Å². The number of amides is 1. The molecule has 1 saturated heterocycles. The summed E-state index contributed by atoms with van der Waals surface area (Å²) in [5, 5.41) is 3.70. The number of nitrogens with one attached hydrogen (secondary N) is 1. The third kappa shape index (κ3) is 8.63. The van der Waals surface area contributed by atoms with E-state index < -0.39 is 24.1 Å². The van der Waals surface area contributed by atoms with Crippen LogP contribution >= 0.6 is 0 Å². The van der Waals surface area contributed by atoms with Gasteiger partial charge < -0.3 is 0 Å². The van der Waals surface area contributed by atoms with Crippen molar-refractivity contribution >= 4 is 24.5 Å². The number of carbonyl (C=O) groups is 1. The Kier molecular flexibility index (Phi) is 12.4. The van der Waals surface area contributed by atoms with Gasteiger partial charge in [-0.1, -0.05) is 0 Å². The molecule has 0 unspecified atom stereocenters. The molecule has 0 saturated carbocycles. The number of nitrogens with zero attached hydrogens (tertiary/aromatic N) is 1. The summed E-state index contributed by atoms with van der Waals surface area (Å²) in [5.74, 6) is 0. The number of hydrogen-bond acceptors (Lipinski definition) is 4. The predicted octanol–water partition coefficient (Wildman–Crippen LogP) is 7.52. The maximum atomic E-state index is 13.8. The van der Waals surface area contributed by atoms with Crippen LogP contribution in [0.15, 0.2) is 30.3 Å². The van der Waals surface area contributed by atoms with Gasteiger partial charge >= 0.3 is 220 Å². The summed E-state index contributed by atoms with van der Waals surface area (Å²) in [7, 11) is 0. The van der Waals surface area contributed by atoms with Gasteiger partial charge in [-0.05, 0) is 0 Å². The second kappa shape index (κ2) is 14.2. The van der Waals surface area contributed by atoms with Crippen molar-refractivity contribution in [2.45, 2.75) is 122 Å². The van der Waals surface area contributed by atoms with E-state index in [-0.39, 0.29) is 15.8 Å². The van der Waals surface area contributed by atoms with E-state index in [4.69, 9.17) is 9.47 Å². The minimum absolute atomic E-state index is 0.0253. The third-order valence-corrected chi connectivity index (χ3v) is 24.0. The molecule has 1 fully saturated rings. The summed E-state index contributed by atoms with van der Waals surface area (Å²) in [5.41, 5.74) is 0.234. The predicted molar refractivity (Wildman–Crippen MR) is 149 cm³/mol. The summed E-state index contributed by atoms with van der Waals surface area (Å²) in [6.07, 6.45) is 7.16. The molecule has 0 aliphatic carbocycles. The Labute approximate surface area is 219 Å². The van der Waals surface area contributed by atoms with Gasteiger partial charge in [0.05, 0.1) is 0 Å². The maximum absolute atomic E-state index is 13.8. The minimum atomic E-state index is -2.87. The van der Waals surface area contributed by atoms with Crippen molar-refractivity contribution in [3.8, 4) is 0 Å². The fourth-order valence-electron chi connectivity index (χ4n) is 5.62. The molecule has 1 atom stereocenters. The second-order valence-corrected chi connectivity index (χ2v) is 25.4. The molecule has 1 aliphatic heterocycles. The Morgan fingerprint density at radius 2 is 1.54 bits per heavy atom. The summed E-state index contributed by atoms with van der Waals surface area (Å²) < 4.78 is 16.6. The van der Waals surface area contributed by atoms with Crippen LogP contribution in [0.1, 0.15) is 92.6 Å². The topological polar surface area (TPSA) is 50.8 Å². The van der Waals surface area contributed by atoms with E-state index in [1.54, 1.807) is 0 Å². The average molecular weight is 595 g/mol. The number of rotatable bonds is 15. The molecule has 1 aromatic carbocycles. The van der Waals surface area contributed by atoms with E-state index in [1.807, 2.05) is 18.7 Å². The normalized spacial score (nSPS) is 18.0. The van der Waals surface area contributed by atoms with Crippen molar-refractivity contribution in [3.05, 3.63) is 35.9 Å². The summed E-state index contributed by atoms with van der Waals surface area (Å²) in [6, 6.07) is 10.5. The molecular weight excluding hydrogens is 543 g/mol. The molecule has 0 bridgehead atoms. The van der Waals surface area contributed by atoms with Gasteiger partial charge in [-0.2, -0.15) is 0 Å². The molecule has 1 aromatic rings. The first kappa shape index (κ1) is 30.4. The van der Waals surface area contributed by atoms with Gasteiger partial charge in [-0.15, -0.1) is 0 Å². The molecule has 200 valence electrons. The first-order valence-electron chi connectivity index (χ1n) is 14.0. The van der Waals surface area contributed by atoms with E-state index in [0.717, 1.165) is 13.1 Å². The van der Waals surface area contributed by atoms with E-state index >= 15 is 0 Å². The van der Waals surface area contributed by atoms with Gasteiger partial charge in [-0.25, -0.2) is 0 Å². The first-order chi connectivity index (χ1) is 16.6. The molecular formula is C29H52N2O3Sn. The Morgan fingerprint density at radius 1 is 1.00 bits per heavy atom. The molecule has 1 aliphatic rings. The van der Waals surface area contributed by atoms with Gasteiger partial charge in [0, 0.05) is 0 Å². The quantitative estimate of drug-likeness (QED) is 0.213. The molecule has 5 nitrogen and oxygen atoms in total. The van der Waals surface area contributed by atoms with Gasteiger partial charge in [-0.3, -0.25) is 0 Å². The molecule has 1 N–H and O–H groups in total. The van der Waals surface area contributed by atoms with Crippen molar-refractivity contribution < 1.29 is 14.3 Å². The van der Waals surface area contributed by atoms with Crippen LogP contribution in [0.3, 0.4) is 0 Å². The summed E-state index contributed by atoms with van der Waals surface area (Å²) >= 11 is -2.87. The molecule has 0 radical (unpaired) electrons. The first-order valence-corrected chi connectivity index (χ1v) is 21.7. The molecule has 1 heterocycles. The van der Waals surface area contributed by atoms with Crippen LogP contribution in [-0.4, -0.2) is 57.9 Å². The van der Waals surface area contributed by atoms with Gasteiger partial charge in [0.2, 0.25) is 0 Å². The van der Waals surface area contributed by atoms with Crippen molar-refractivity contribution in [3.63, 3.8) is 0 Å². The Bertz CT molecular complexity index is 716. The van der Waals surface area contributed by atoms with E-state index in [9.17, 15) is 4.79 Å². The monoisotopic (exact) mass is 596 g/mol. The fraction of sp³-hybridized carbons (Fsp3) is 0.759. The van der Waals surface area contributed by atoms with E-state index in [2.05, 4.69) is 70.3 Å². The van der Waals surface area contributed by atoms with Crippen molar-refractivity contribution in [2.24, 2.45) is 0 Å². The molecule has 0 spiro atoms.